The molecule has 2 aliphatic heterocycles. The van der Waals surface area contributed by atoms with Crippen molar-refractivity contribution in [2.24, 2.45) is 5.92 Å². The number of benzene rings is 2. The number of rotatable bonds is 8. The second-order valence-corrected chi connectivity index (χ2v) is 12.7. The van der Waals surface area contributed by atoms with Gasteiger partial charge < -0.3 is 35.8 Å². The number of nitrogens with zero attached hydrogens (tertiary/aromatic N) is 8. The molecule has 0 spiro atoms. The van der Waals surface area contributed by atoms with Gasteiger partial charge in [-0.3, -0.25) is 18.7 Å². The van der Waals surface area contributed by atoms with Crippen LogP contribution in [0.25, 0.3) is 22.3 Å². The summed E-state index contributed by atoms with van der Waals surface area (Å²) in [6.45, 7) is 3.30. The minimum Gasteiger partial charge on any atom is -0.870 e. The number of imidazole rings is 2. The van der Waals surface area contributed by atoms with Crippen LogP contribution < -0.4 is 40.2 Å². The Labute approximate surface area is 340 Å². The van der Waals surface area contributed by atoms with Gasteiger partial charge in [0, 0.05) is 17.0 Å². The number of aliphatic hydroxyl groups is 2. The quantitative estimate of drug-likeness (QED) is 0.157. The molecule has 17 nitrogen and oxygen atoms in total. The Morgan fingerprint density at radius 3 is 1.59 bits per heavy atom. The van der Waals surface area contributed by atoms with Crippen molar-refractivity contribution in [2.45, 2.75) is 63.4 Å². The molecule has 0 aliphatic carbocycles. The van der Waals surface area contributed by atoms with Crippen LogP contribution in [0.5, 0.6) is 0 Å². The molecule has 2 fully saturated rings. The SMILES string of the molecule is CC[C@H]1O[C@@H](n2cnc3c(NC(=O)c4ccccc4)ncnc32)[C@@H](F)[C@@H]1C.O=C(Nc1ncnc2c1ncn2[C@@H]1O[C@H](CO)[C@@H](O)[C@@H]1F)c1ccccc1.[Na+].[OH-]. The Hall–Kier alpha value is -4.86. The summed E-state index contributed by atoms with van der Waals surface area (Å²) in [5.41, 5.74) is 2.24. The Balaban J connectivity index is 0.000000207. The number of aromatic nitrogens is 8. The molecule has 5 N–H and O–H groups in total. The molecule has 20 heteroatoms. The first-order valence-corrected chi connectivity index (χ1v) is 17.2. The van der Waals surface area contributed by atoms with Crippen LogP contribution >= 0.6 is 0 Å². The minimum atomic E-state index is -1.77. The van der Waals surface area contributed by atoms with Crippen LogP contribution in [0.3, 0.4) is 0 Å². The van der Waals surface area contributed by atoms with Crippen molar-refractivity contribution in [3.8, 4) is 0 Å². The maximum absolute atomic E-state index is 14.8. The zero-order chi connectivity index (χ0) is 37.9. The largest absolute Gasteiger partial charge is 1.00 e. The van der Waals surface area contributed by atoms with E-state index >= 15 is 0 Å². The smallest absolute Gasteiger partial charge is 0.870 e. The molecular formula is C36H37F2N10NaO7. The van der Waals surface area contributed by atoms with Crippen LogP contribution in [0.15, 0.2) is 86.0 Å². The number of halogens is 2. The van der Waals surface area contributed by atoms with E-state index in [2.05, 4.69) is 40.5 Å². The molecule has 0 saturated carbocycles. The molecule has 2 amide bonds. The van der Waals surface area contributed by atoms with Crippen LogP contribution in [0, 0.1) is 5.92 Å². The molecule has 56 heavy (non-hydrogen) atoms. The van der Waals surface area contributed by atoms with Gasteiger partial charge in [0.1, 0.15) is 24.9 Å². The topological polar surface area (TPSA) is 234 Å². The molecule has 2 aliphatic rings. The molecule has 2 saturated heterocycles. The Morgan fingerprint density at radius 1 is 0.732 bits per heavy atom. The predicted molar refractivity (Wildman–Crippen MR) is 192 cm³/mol. The first kappa shape index (κ1) is 42.3. The van der Waals surface area contributed by atoms with Gasteiger partial charge in [-0.15, -0.1) is 0 Å². The average molecular weight is 783 g/mol. The number of alkyl halides is 2. The van der Waals surface area contributed by atoms with Crippen molar-refractivity contribution in [1.82, 2.24) is 39.0 Å². The van der Waals surface area contributed by atoms with Gasteiger partial charge in [-0.2, -0.15) is 0 Å². The maximum Gasteiger partial charge on any atom is 1.00 e. The van der Waals surface area contributed by atoms with Gasteiger partial charge in [0.05, 0.1) is 25.4 Å². The van der Waals surface area contributed by atoms with Crippen LogP contribution in [0.4, 0.5) is 20.4 Å². The van der Waals surface area contributed by atoms with E-state index in [1.807, 2.05) is 19.9 Å². The number of carbonyl (C=O) groups is 2. The fourth-order valence-corrected chi connectivity index (χ4v) is 6.41. The molecule has 6 aromatic rings. The fraction of sp³-hybridized carbons (Fsp3) is 0.333. The van der Waals surface area contributed by atoms with E-state index in [9.17, 15) is 28.6 Å². The summed E-state index contributed by atoms with van der Waals surface area (Å²) >= 11 is 0. The summed E-state index contributed by atoms with van der Waals surface area (Å²) < 4.78 is 43.3. The van der Waals surface area contributed by atoms with E-state index in [4.69, 9.17) is 9.47 Å². The number of hydrogen-bond acceptors (Lipinski definition) is 13. The summed E-state index contributed by atoms with van der Waals surface area (Å²) in [6.07, 6.45) is -1.52. The van der Waals surface area contributed by atoms with Crippen molar-refractivity contribution in [3.63, 3.8) is 0 Å². The number of aliphatic hydroxyl groups excluding tert-OH is 2. The number of carbonyl (C=O) groups excluding carboxylic acids is 2. The van der Waals surface area contributed by atoms with E-state index in [1.54, 1.807) is 59.2 Å². The molecule has 0 radical (unpaired) electrons. The number of ether oxygens (including phenoxy) is 2. The standard InChI is InChI=1S/C19H20FN5O2.C17H16FN5O4.Na.H2O/c1-3-13-11(2)14(20)19(27-13)25-10-23-15-16(21-9-22-17(15)25)24-18(26)12-7-5-4-6-8-12;18-11-13(25)10(6-24)27-17(11)23-8-21-12-14(19-7-20-15(12)23)22-16(26)9-4-2-1-3-5-9;;/h4-11,13-14,19H,3H2,1-2H3,(H,21,22,24,26);1-5,7-8,10-11,13,17,24-25H,6H2,(H,19,20,22,26);;1H2/q;;+1;/p-1/t11-,13-,14+,19-;10-,11+,13-,17-;;/m11../s1. The predicted octanol–water partition coefficient (Wildman–Crippen LogP) is 0.855. The van der Waals surface area contributed by atoms with Crippen LogP contribution in [0.1, 0.15) is 53.4 Å². The Kier molecular flexibility index (Phi) is 13.9. The number of hydrogen-bond donors (Lipinski definition) is 4. The number of nitrogens with one attached hydrogen (secondary N) is 2. The third kappa shape index (κ3) is 8.30. The van der Waals surface area contributed by atoms with Crippen LogP contribution in [0.2, 0.25) is 0 Å². The molecule has 4 aromatic heterocycles. The number of anilines is 2. The molecule has 0 bridgehead atoms. The van der Waals surface area contributed by atoms with Gasteiger partial charge in [-0.1, -0.05) is 50.2 Å². The Bertz CT molecular complexity index is 2100. The normalized spacial score (nSPS) is 24.1. The minimum absolute atomic E-state index is 0. The second kappa shape index (κ2) is 18.4. The van der Waals surface area contributed by atoms with E-state index in [1.165, 1.54) is 29.9 Å². The van der Waals surface area contributed by atoms with Crippen molar-refractivity contribution in [3.05, 3.63) is 97.1 Å². The molecule has 2 aromatic carbocycles. The average Bonchev–Trinajstić information content (AvgIpc) is 3.97. The van der Waals surface area contributed by atoms with Crippen LogP contribution in [-0.2, 0) is 9.47 Å². The van der Waals surface area contributed by atoms with E-state index in [0.29, 0.717) is 22.3 Å². The van der Waals surface area contributed by atoms with Gasteiger partial charge in [-0.25, -0.2) is 38.7 Å². The van der Waals surface area contributed by atoms with Gasteiger partial charge >= 0.3 is 29.6 Å². The number of fused-ring (bicyclic) bond motifs is 2. The fourth-order valence-electron chi connectivity index (χ4n) is 6.41. The van der Waals surface area contributed by atoms with Gasteiger partial charge in [-0.05, 0) is 30.7 Å². The second-order valence-electron chi connectivity index (χ2n) is 12.7. The Morgan fingerprint density at radius 2 is 1.18 bits per heavy atom. The molecule has 0 unspecified atom stereocenters. The van der Waals surface area contributed by atoms with Crippen molar-refractivity contribution in [1.29, 1.82) is 0 Å². The first-order valence-electron chi connectivity index (χ1n) is 17.2. The van der Waals surface area contributed by atoms with Gasteiger partial charge in [0.15, 0.2) is 58.8 Å². The summed E-state index contributed by atoms with van der Waals surface area (Å²) in [5, 5.41) is 24.4. The van der Waals surface area contributed by atoms with Crippen LogP contribution in [-0.4, -0.2) is 104 Å². The third-order valence-corrected chi connectivity index (χ3v) is 9.35. The van der Waals surface area contributed by atoms with Crippen molar-refractivity contribution >= 4 is 45.8 Å². The zero-order valence-electron chi connectivity index (χ0n) is 30.4. The molecule has 288 valence electrons. The summed E-state index contributed by atoms with van der Waals surface area (Å²) in [5.74, 6) is -0.440. The van der Waals surface area contributed by atoms with Crippen molar-refractivity contribution < 1.29 is 73.1 Å². The molecular weight excluding hydrogens is 745 g/mol. The van der Waals surface area contributed by atoms with Gasteiger partial charge in [0.25, 0.3) is 11.8 Å². The zero-order valence-corrected chi connectivity index (χ0v) is 32.4. The summed E-state index contributed by atoms with van der Waals surface area (Å²) in [6, 6.07) is 17.4. The molecule has 8 atom stereocenters. The van der Waals surface area contributed by atoms with E-state index < -0.39 is 43.6 Å². The molecule has 8 rings (SSSR count). The number of amides is 2. The molecule has 6 heterocycles. The van der Waals surface area contributed by atoms with E-state index in [-0.39, 0.29) is 81.7 Å². The third-order valence-electron chi connectivity index (χ3n) is 9.35. The summed E-state index contributed by atoms with van der Waals surface area (Å²) in [4.78, 5) is 49.7. The summed E-state index contributed by atoms with van der Waals surface area (Å²) in [7, 11) is 0. The van der Waals surface area contributed by atoms with Gasteiger partial charge in [0.2, 0.25) is 0 Å². The maximum atomic E-state index is 14.8. The van der Waals surface area contributed by atoms with E-state index in [0.717, 1.165) is 6.42 Å². The monoisotopic (exact) mass is 782 g/mol. The van der Waals surface area contributed by atoms with Crippen molar-refractivity contribution in [2.75, 3.05) is 17.2 Å². The first-order chi connectivity index (χ1) is 26.2.